The molecule has 23 heavy (non-hydrogen) atoms. The summed E-state index contributed by atoms with van der Waals surface area (Å²) in [5, 5.41) is 11.0. The average Bonchev–Trinajstić information content (AvgIpc) is 2.56. The predicted octanol–water partition coefficient (Wildman–Crippen LogP) is 3.69. The molecular weight excluding hydrogens is 318 g/mol. The summed E-state index contributed by atoms with van der Waals surface area (Å²) in [6.45, 7) is 0. The van der Waals surface area contributed by atoms with Gasteiger partial charge < -0.3 is 9.47 Å². The Morgan fingerprint density at radius 1 is 1.22 bits per heavy atom. The van der Waals surface area contributed by atoms with Crippen LogP contribution in [0.1, 0.15) is 6.42 Å². The molecule has 0 unspecified atom stereocenters. The number of nitrogens with zero attached hydrogens (tertiary/aromatic N) is 1. The van der Waals surface area contributed by atoms with Crippen LogP contribution in [-0.4, -0.2) is 23.8 Å². The van der Waals surface area contributed by atoms with Crippen LogP contribution in [0.2, 0.25) is 0 Å². The van der Waals surface area contributed by atoms with E-state index >= 15 is 0 Å². The van der Waals surface area contributed by atoms with Gasteiger partial charge in [-0.15, -0.1) is 11.8 Å². The lowest BCUT2D eigenvalue weighted by Crippen LogP contribution is -2.10. The first-order valence-corrected chi connectivity index (χ1v) is 7.79. The molecule has 2 aromatic carbocycles. The summed E-state index contributed by atoms with van der Waals surface area (Å²) in [7, 11) is 1.41. The minimum Gasteiger partial charge on any atom is -0.496 e. The van der Waals surface area contributed by atoms with Gasteiger partial charge in [0, 0.05) is 10.6 Å². The van der Waals surface area contributed by atoms with Crippen molar-refractivity contribution in [3.05, 3.63) is 58.6 Å². The summed E-state index contributed by atoms with van der Waals surface area (Å²) in [5.74, 6) is 0.274. The van der Waals surface area contributed by atoms with Crippen LogP contribution in [0, 0.1) is 10.1 Å². The summed E-state index contributed by atoms with van der Waals surface area (Å²) in [6.07, 6.45) is 0.156. The average molecular weight is 333 g/mol. The smallest absolute Gasteiger partial charge is 0.315 e. The number of esters is 1. The van der Waals surface area contributed by atoms with Crippen LogP contribution in [0.25, 0.3) is 0 Å². The molecule has 0 amide bonds. The molecule has 0 aliphatic carbocycles. The van der Waals surface area contributed by atoms with E-state index in [0.29, 0.717) is 11.5 Å². The Kier molecular flexibility index (Phi) is 5.99. The third kappa shape index (κ3) is 5.00. The Balaban J connectivity index is 1.93. The fraction of sp³-hybridized carbons (Fsp3) is 0.188. The van der Waals surface area contributed by atoms with Crippen LogP contribution >= 0.6 is 11.8 Å². The van der Waals surface area contributed by atoms with Gasteiger partial charge in [-0.25, -0.2) is 0 Å². The van der Waals surface area contributed by atoms with E-state index in [1.807, 2.05) is 30.3 Å². The highest BCUT2D eigenvalue weighted by Crippen LogP contribution is 2.31. The molecule has 0 bridgehead atoms. The first-order chi connectivity index (χ1) is 11.1. The molecule has 0 aliphatic heterocycles. The summed E-state index contributed by atoms with van der Waals surface area (Å²) in [5.41, 5.74) is -0.298. The van der Waals surface area contributed by atoms with E-state index in [1.54, 1.807) is 0 Å². The van der Waals surface area contributed by atoms with Gasteiger partial charge in [-0.05, 0) is 24.3 Å². The van der Waals surface area contributed by atoms with Crippen molar-refractivity contribution in [1.29, 1.82) is 0 Å². The SMILES string of the molecule is COc1ccc(OC(=O)CCSc2ccccc2)c([N+](=O)[O-])c1. The molecule has 2 rings (SSSR count). The lowest BCUT2D eigenvalue weighted by atomic mass is 10.3. The van der Waals surface area contributed by atoms with E-state index in [0.717, 1.165) is 4.90 Å². The van der Waals surface area contributed by atoms with Crippen LogP contribution in [-0.2, 0) is 4.79 Å². The fourth-order valence-electron chi connectivity index (χ4n) is 1.80. The van der Waals surface area contributed by atoms with E-state index in [9.17, 15) is 14.9 Å². The number of carbonyl (C=O) groups excluding carboxylic acids is 1. The molecule has 0 saturated heterocycles. The van der Waals surface area contributed by atoms with Gasteiger partial charge in [-0.2, -0.15) is 0 Å². The Bertz CT molecular complexity index is 690. The van der Waals surface area contributed by atoms with Crippen molar-refractivity contribution in [2.75, 3.05) is 12.9 Å². The number of nitro groups is 1. The number of rotatable bonds is 7. The largest absolute Gasteiger partial charge is 0.496 e. The number of ether oxygens (including phenoxy) is 2. The highest BCUT2D eigenvalue weighted by atomic mass is 32.2. The van der Waals surface area contributed by atoms with E-state index < -0.39 is 10.9 Å². The van der Waals surface area contributed by atoms with Gasteiger partial charge in [0.1, 0.15) is 5.75 Å². The van der Waals surface area contributed by atoms with E-state index in [-0.39, 0.29) is 17.9 Å². The van der Waals surface area contributed by atoms with Gasteiger partial charge in [-0.3, -0.25) is 14.9 Å². The predicted molar refractivity (Wildman–Crippen MR) is 87.1 cm³/mol. The minimum atomic E-state index is -0.607. The Labute approximate surface area is 137 Å². The summed E-state index contributed by atoms with van der Waals surface area (Å²) >= 11 is 1.52. The third-order valence-corrected chi connectivity index (χ3v) is 3.92. The molecule has 0 spiro atoms. The molecule has 6 nitrogen and oxygen atoms in total. The maximum Gasteiger partial charge on any atom is 0.315 e. The number of thioether (sulfide) groups is 1. The standard InChI is InChI=1S/C16H15NO5S/c1-21-12-7-8-15(14(11-12)17(19)20)22-16(18)9-10-23-13-5-3-2-4-6-13/h2-8,11H,9-10H2,1H3. The van der Waals surface area contributed by atoms with Crippen molar-refractivity contribution in [1.82, 2.24) is 0 Å². The summed E-state index contributed by atoms with van der Waals surface area (Å²) in [4.78, 5) is 23.3. The summed E-state index contributed by atoms with van der Waals surface area (Å²) in [6, 6.07) is 13.7. The number of hydrogen-bond donors (Lipinski definition) is 0. The molecule has 0 fully saturated rings. The molecular formula is C16H15NO5S. The first kappa shape index (κ1) is 16.8. The fourth-order valence-corrected chi connectivity index (χ4v) is 2.65. The lowest BCUT2D eigenvalue weighted by molar-refractivity contribution is -0.385. The van der Waals surface area contributed by atoms with Crippen LogP contribution in [0.15, 0.2) is 53.4 Å². The highest BCUT2D eigenvalue weighted by Gasteiger charge is 2.19. The maximum atomic E-state index is 11.8. The topological polar surface area (TPSA) is 78.7 Å². The van der Waals surface area contributed by atoms with Gasteiger partial charge in [0.05, 0.1) is 24.5 Å². The van der Waals surface area contributed by atoms with Crippen molar-refractivity contribution >= 4 is 23.4 Å². The highest BCUT2D eigenvalue weighted by molar-refractivity contribution is 7.99. The second kappa shape index (κ2) is 8.19. The number of nitro benzene ring substituents is 1. The number of benzene rings is 2. The van der Waals surface area contributed by atoms with Crippen LogP contribution in [0.3, 0.4) is 0 Å². The molecule has 0 aromatic heterocycles. The van der Waals surface area contributed by atoms with Gasteiger partial charge in [0.2, 0.25) is 5.75 Å². The van der Waals surface area contributed by atoms with Crippen molar-refractivity contribution in [2.45, 2.75) is 11.3 Å². The van der Waals surface area contributed by atoms with Gasteiger partial charge in [0.25, 0.3) is 0 Å². The van der Waals surface area contributed by atoms with Crippen LogP contribution in [0.4, 0.5) is 5.69 Å². The number of carbonyl (C=O) groups is 1. The number of methoxy groups -OCH3 is 1. The molecule has 0 radical (unpaired) electrons. The van der Waals surface area contributed by atoms with Crippen molar-refractivity contribution in [2.24, 2.45) is 0 Å². The molecule has 120 valence electrons. The Morgan fingerprint density at radius 3 is 2.61 bits per heavy atom. The van der Waals surface area contributed by atoms with Gasteiger partial charge in [-0.1, -0.05) is 18.2 Å². The lowest BCUT2D eigenvalue weighted by Gasteiger charge is -2.06. The van der Waals surface area contributed by atoms with Crippen molar-refractivity contribution in [3.8, 4) is 11.5 Å². The Hall–Kier alpha value is -2.54. The van der Waals surface area contributed by atoms with Crippen LogP contribution < -0.4 is 9.47 Å². The quantitative estimate of drug-likeness (QED) is 0.253. The molecule has 0 N–H and O–H groups in total. The molecule has 0 aliphatic rings. The minimum absolute atomic E-state index is 0.0782. The molecule has 0 saturated carbocycles. The van der Waals surface area contributed by atoms with Crippen molar-refractivity contribution < 1.29 is 19.2 Å². The molecule has 2 aromatic rings. The van der Waals surface area contributed by atoms with E-state index in [1.165, 1.54) is 37.1 Å². The zero-order valence-electron chi connectivity index (χ0n) is 12.4. The number of hydrogen-bond acceptors (Lipinski definition) is 6. The van der Waals surface area contributed by atoms with E-state index in [4.69, 9.17) is 9.47 Å². The van der Waals surface area contributed by atoms with Crippen molar-refractivity contribution in [3.63, 3.8) is 0 Å². The second-order valence-corrected chi connectivity index (χ2v) is 5.64. The molecule has 7 heteroatoms. The maximum absolute atomic E-state index is 11.8. The zero-order valence-corrected chi connectivity index (χ0v) is 13.2. The van der Waals surface area contributed by atoms with E-state index in [2.05, 4.69) is 0 Å². The molecule has 0 atom stereocenters. The van der Waals surface area contributed by atoms with Gasteiger partial charge in [0.15, 0.2) is 0 Å². The van der Waals surface area contributed by atoms with Gasteiger partial charge >= 0.3 is 11.7 Å². The normalized spacial score (nSPS) is 10.1. The Morgan fingerprint density at radius 2 is 1.96 bits per heavy atom. The van der Waals surface area contributed by atoms with Crippen LogP contribution in [0.5, 0.6) is 11.5 Å². The zero-order chi connectivity index (χ0) is 16.7. The summed E-state index contributed by atoms with van der Waals surface area (Å²) < 4.78 is 10.0. The first-order valence-electron chi connectivity index (χ1n) is 6.81. The second-order valence-electron chi connectivity index (χ2n) is 4.48. The molecule has 0 heterocycles. The third-order valence-electron chi connectivity index (χ3n) is 2.90. The monoisotopic (exact) mass is 333 g/mol.